The average Bonchev–Trinajstić information content (AvgIpc) is 2.16. The van der Waals surface area contributed by atoms with E-state index in [-0.39, 0.29) is 10.6 Å². The Morgan fingerprint density at radius 3 is 2.12 bits per heavy atom. The lowest BCUT2D eigenvalue weighted by Crippen LogP contribution is -1.99. The minimum absolute atomic E-state index is 0.0562. The summed E-state index contributed by atoms with van der Waals surface area (Å²) < 4.78 is 26.6. The van der Waals surface area contributed by atoms with Crippen molar-refractivity contribution in [1.82, 2.24) is 0 Å². The molecular formula is C9H10N2O4S. The van der Waals surface area contributed by atoms with E-state index in [2.05, 4.69) is 4.40 Å². The fraction of sp³-hybridized carbons (Fsp3) is 0.222. The molecule has 0 aliphatic heterocycles. The van der Waals surface area contributed by atoms with E-state index in [1.807, 2.05) is 0 Å². The van der Waals surface area contributed by atoms with Crippen LogP contribution in [0.25, 0.3) is 0 Å². The predicted octanol–water partition coefficient (Wildman–Crippen LogP) is 1.76. The Balaban J connectivity index is 3.17. The second-order valence-corrected chi connectivity index (χ2v) is 4.87. The van der Waals surface area contributed by atoms with Crippen molar-refractivity contribution in [3.63, 3.8) is 0 Å². The van der Waals surface area contributed by atoms with Crippen molar-refractivity contribution < 1.29 is 13.3 Å². The predicted molar refractivity (Wildman–Crippen MR) is 59.1 cm³/mol. The molecule has 1 aromatic rings. The standard InChI is InChI=1S/C9H10N2O4S/c1-7(2)10-16(14,15)9-5-3-8(4-6-9)11(12)13/h3-6H,1-2H3. The maximum atomic E-state index is 11.6. The van der Waals surface area contributed by atoms with Gasteiger partial charge in [0, 0.05) is 17.8 Å². The number of rotatable bonds is 3. The molecule has 1 rings (SSSR count). The van der Waals surface area contributed by atoms with E-state index in [1.54, 1.807) is 13.8 Å². The van der Waals surface area contributed by atoms with Gasteiger partial charge in [-0.05, 0) is 26.0 Å². The molecule has 6 nitrogen and oxygen atoms in total. The SMILES string of the molecule is CC(C)=NS(=O)(=O)c1ccc([N+](=O)[O-])cc1. The molecule has 0 bridgehead atoms. The molecule has 0 spiro atoms. The van der Waals surface area contributed by atoms with Gasteiger partial charge >= 0.3 is 0 Å². The Kier molecular flexibility index (Phi) is 3.38. The van der Waals surface area contributed by atoms with Crippen molar-refractivity contribution in [2.45, 2.75) is 18.7 Å². The first-order valence-corrected chi connectivity index (χ1v) is 5.79. The number of benzene rings is 1. The fourth-order valence-electron chi connectivity index (χ4n) is 1.03. The summed E-state index contributed by atoms with van der Waals surface area (Å²) in [6, 6.07) is 4.60. The molecule has 86 valence electrons. The molecule has 0 saturated carbocycles. The molecular weight excluding hydrogens is 232 g/mol. The summed E-state index contributed by atoms with van der Waals surface area (Å²) in [5, 5.41) is 10.4. The molecule has 0 unspecified atom stereocenters. The van der Waals surface area contributed by atoms with E-state index in [4.69, 9.17) is 0 Å². The van der Waals surface area contributed by atoms with Gasteiger partial charge in [0.2, 0.25) is 0 Å². The highest BCUT2D eigenvalue weighted by Crippen LogP contribution is 2.17. The van der Waals surface area contributed by atoms with Crippen LogP contribution in [-0.2, 0) is 10.0 Å². The third-order valence-electron chi connectivity index (χ3n) is 1.65. The van der Waals surface area contributed by atoms with Gasteiger partial charge in [-0.1, -0.05) is 0 Å². The zero-order chi connectivity index (χ0) is 12.3. The van der Waals surface area contributed by atoms with Gasteiger partial charge in [0.05, 0.1) is 9.82 Å². The molecule has 1 aromatic carbocycles. The second-order valence-electron chi connectivity index (χ2n) is 3.26. The quantitative estimate of drug-likeness (QED) is 0.459. The topological polar surface area (TPSA) is 89.6 Å². The number of nitrogens with zero attached hydrogens (tertiary/aromatic N) is 2. The van der Waals surface area contributed by atoms with Crippen molar-refractivity contribution in [3.8, 4) is 0 Å². The highest BCUT2D eigenvalue weighted by atomic mass is 32.2. The molecule has 16 heavy (non-hydrogen) atoms. The maximum absolute atomic E-state index is 11.6. The van der Waals surface area contributed by atoms with Crippen LogP contribution in [0, 0.1) is 10.1 Å². The first-order valence-electron chi connectivity index (χ1n) is 4.35. The van der Waals surface area contributed by atoms with Crippen LogP contribution in [0.3, 0.4) is 0 Å². The monoisotopic (exact) mass is 242 g/mol. The Morgan fingerprint density at radius 1 is 1.25 bits per heavy atom. The number of nitro benzene ring substituents is 1. The van der Waals surface area contributed by atoms with Crippen LogP contribution < -0.4 is 0 Å². The van der Waals surface area contributed by atoms with Gasteiger partial charge in [0.15, 0.2) is 0 Å². The van der Waals surface area contributed by atoms with Crippen LogP contribution in [0.15, 0.2) is 33.6 Å². The first-order chi connectivity index (χ1) is 7.33. The summed E-state index contributed by atoms with van der Waals surface area (Å²) in [6.45, 7) is 3.12. The molecule has 0 aromatic heterocycles. The minimum atomic E-state index is -3.74. The molecule has 0 fully saturated rings. The Labute approximate surface area is 92.8 Å². The molecule has 0 amide bonds. The number of nitro groups is 1. The summed E-state index contributed by atoms with van der Waals surface area (Å²) in [6.07, 6.45) is 0. The molecule has 0 saturated heterocycles. The normalized spacial score (nSPS) is 10.9. The van der Waals surface area contributed by atoms with Crippen LogP contribution in [0.1, 0.15) is 13.8 Å². The summed E-state index contributed by atoms with van der Waals surface area (Å²) in [4.78, 5) is 9.72. The van der Waals surface area contributed by atoms with Crippen molar-refractivity contribution in [1.29, 1.82) is 0 Å². The van der Waals surface area contributed by atoms with Gasteiger partial charge < -0.3 is 0 Å². The molecule has 0 atom stereocenters. The molecule has 0 aliphatic rings. The second kappa shape index (κ2) is 4.40. The smallest absolute Gasteiger partial charge is 0.258 e. The van der Waals surface area contributed by atoms with E-state index in [0.717, 1.165) is 12.1 Å². The van der Waals surface area contributed by atoms with E-state index in [0.29, 0.717) is 5.71 Å². The Bertz CT molecular complexity index is 527. The van der Waals surface area contributed by atoms with Gasteiger partial charge in [-0.3, -0.25) is 10.1 Å². The van der Waals surface area contributed by atoms with Crippen molar-refractivity contribution in [3.05, 3.63) is 34.4 Å². The lowest BCUT2D eigenvalue weighted by atomic mass is 10.3. The van der Waals surface area contributed by atoms with Crippen LogP contribution in [0.4, 0.5) is 5.69 Å². The van der Waals surface area contributed by atoms with Gasteiger partial charge in [-0.25, -0.2) is 0 Å². The third-order valence-corrected chi connectivity index (χ3v) is 3.12. The van der Waals surface area contributed by atoms with Gasteiger partial charge in [-0.2, -0.15) is 12.8 Å². The first kappa shape index (κ1) is 12.3. The van der Waals surface area contributed by atoms with E-state index in [1.165, 1.54) is 12.1 Å². The summed E-state index contributed by atoms with van der Waals surface area (Å²) in [5.74, 6) is 0. The fourth-order valence-corrected chi connectivity index (χ4v) is 2.10. The summed E-state index contributed by atoms with van der Waals surface area (Å²) >= 11 is 0. The maximum Gasteiger partial charge on any atom is 0.282 e. The highest BCUT2D eigenvalue weighted by molar-refractivity contribution is 7.90. The molecule has 0 aliphatic carbocycles. The number of non-ortho nitro benzene ring substituents is 1. The van der Waals surface area contributed by atoms with Crippen molar-refractivity contribution in [2.24, 2.45) is 4.40 Å². The average molecular weight is 242 g/mol. The lowest BCUT2D eigenvalue weighted by molar-refractivity contribution is -0.384. The van der Waals surface area contributed by atoms with Gasteiger partial charge in [-0.15, -0.1) is 0 Å². The highest BCUT2D eigenvalue weighted by Gasteiger charge is 2.14. The molecule has 0 radical (unpaired) electrons. The van der Waals surface area contributed by atoms with E-state index >= 15 is 0 Å². The number of sulfonamides is 1. The Hall–Kier alpha value is -1.76. The minimum Gasteiger partial charge on any atom is -0.258 e. The Morgan fingerprint density at radius 2 is 1.75 bits per heavy atom. The zero-order valence-corrected chi connectivity index (χ0v) is 9.56. The van der Waals surface area contributed by atoms with Crippen molar-refractivity contribution >= 4 is 21.4 Å². The molecule has 0 heterocycles. The van der Waals surface area contributed by atoms with Crippen molar-refractivity contribution in [2.75, 3.05) is 0 Å². The van der Waals surface area contributed by atoms with Crippen LogP contribution in [0.5, 0.6) is 0 Å². The number of hydrogen-bond donors (Lipinski definition) is 0. The molecule has 7 heteroatoms. The zero-order valence-electron chi connectivity index (χ0n) is 8.75. The van der Waals surface area contributed by atoms with E-state index in [9.17, 15) is 18.5 Å². The van der Waals surface area contributed by atoms with Crippen LogP contribution in [0.2, 0.25) is 0 Å². The lowest BCUT2D eigenvalue weighted by Gasteiger charge is -1.98. The summed E-state index contributed by atoms with van der Waals surface area (Å²) in [5.41, 5.74) is 0.245. The van der Waals surface area contributed by atoms with Crippen LogP contribution in [-0.4, -0.2) is 19.1 Å². The van der Waals surface area contributed by atoms with Crippen LogP contribution >= 0.6 is 0 Å². The van der Waals surface area contributed by atoms with Gasteiger partial charge in [0.25, 0.3) is 15.7 Å². The van der Waals surface area contributed by atoms with Gasteiger partial charge in [0.1, 0.15) is 0 Å². The molecule has 0 N–H and O–H groups in total. The third kappa shape index (κ3) is 2.86. The largest absolute Gasteiger partial charge is 0.282 e. The van der Waals surface area contributed by atoms with E-state index < -0.39 is 14.9 Å². The number of hydrogen-bond acceptors (Lipinski definition) is 4. The summed E-state index contributed by atoms with van der Waals surface area (Å²) in [7, 11) is -3.74.